The molecular formula is C41H53N5O4S. The third-order valence-corrected chi connectivity index (χ3v) is 10.1. The van der Waals surface area contributed by atoms with Crippen molar-refractivity contribution in [1.82, 2.24) is 19.9 Å². The molecule has 0 saturated carbocycles. The summed E-state index contributed by atoms with van der Waals surface area (Å²) in [5, 5.41) is 16.7. The Kier molecular flexibility index (Phi) is 16.3. The average Bonchev–Trinajstić information content (AvgIpc) is 3.15. The molecule has 0 aliphatic heterocycles. The van der Waals surface area contributed by atoms with Gasteiger partial charge < -0.3 is 26.2 Å². The van der Waals surface area contributed by atoms with Gasteiger partial charge >= 0.3 is 6.09 Å². The molecule has 0 fully saturated rings. The molecule has 3 atom stereocenters. The number of nitrogen functional groups attached to an aromatic ring is 1. The van der Waals surface area contributed by atoms with Gasteiger partial charge in [-0.3, -0.25) is 9.78 Å². The summed E-state index contributed by atoms with van der Waals surface area (Å²) in [6.07, 6.45) is 6.63. The van der Waals surface area contributed by atoms with E-state index in [1.54, 1.807) is 36.5 Å². The minimum atomic E-state index is -0.943. The fourth-order valence-electron chi connectivity index (χ4n) is 5.94. The number of rotatable bonds is 20. The number of anilines is 1. The van der Waals surface area contributed by atoms with Crippen LogP contribution in [0, 0.1) is 5.92 Å². The number of hydrogen-bond acceptors (Lipinski definition) is 8. The van der Waals surface area contributed by atoms with Gasteiger partial charge in [0, 0.05) is 47.5 Å². The summed E-state index contributed by atoms with van der Waals surface area (Å²) in [7, 11) is 0. The molecule has 9 nitrogen and oxygen atoms in total. The Morgan fingerprint density at radius 1 is 0.863 bits per heavy atom. The second-order valence-corrected chi connectivity index (χ2v) is 14.3. The number of hydrogen-bond donors (Lipinski definition) is 4. The number of pyridine rings is 1. The van der Waals surface area contributed by atoms with Gasteiger partial charge in [0.2, 0.25) is 5.91 Å². The monoisotopic (exact) mass is 711 g/mol. The van der Waals surface area contributed by atoms with Crippen LogP contribution in [0.5, 0.6) is 0 Å². The zero-order chi connectivity index (χ0) is 36.4. The van der Waals surface area contributed by atoms with E-state index in [-0.39, 0.29) is 31.2 Å². The van der Waals surface area contributed by atoms with Crippen molar-refractivity contribution in [2.24, 2.45) is 5.92 Å². The Bertz CT molecular complexity index is 1540. The van der Waals surface area contributed by atoms with E-state index in [0.29, 0.717) is 12.3 Å². The number of carbonyl (C=O) groups excluding carboxylic acids is 2. The molecule has 4 aromatic rings. The predicted molar refractivity (Wildman–Crippen MR) is 206 cm³/mol. The number of aromatic nitrogens is 1. The van der Waals surface area contributed by atoms with Crippen molar-refractivity contribution in [2.45, 2.75) is 88.4 Å². The van der Waals surface area contributed by atoms with Gasteiger partial charge in [-0.25, -0.2) is 9.10 Å². The lowest BCUT2D eigenvalue weighted by Gasteiger charge is -2.31. The lowest BCUT2D eigenvalue weighted by Crippen LogP contribution is -2.52. The minimum Gasteiger partial charge on any atom is -0.445 e. The number of aliphatic hydroxyl groups excluding tert-OH is 1. The standard InChI is InChI=1S/C41H53N5O4S/c1-4-35(16-11-17-36(28-47)46(27-24-30(2)3)51-37-20-18-34(42)19-21-37)44-40(48)39(45-41(49)50-29-31-22-25-43-26-23-31)38(32-12-7-5-8-13-32)33-14-9-6-10-15-33/h5-10,12-15,18-23,25-26,30,35-36,38-39,47H,4,11,16-17,24,27-29,42H2,1-3H3,(H,44,48)(H,45,49). The van der Waals surface area contributed by atoms with Crippen molar-refractivity contribution in [3.8, 4) is 0 Å². The molecule has 3 unspecified atom stereocenters. The summed E-state index contributed by atoms with van der Waals surface area (Å²) in [5.74, 6) is -0.211. The fourth-order valence-corrected chi connectivity index (χ4v) is 6.99. The molecule has 0 radical (unpaired) electrons. The molecule has 5 N–H and O–H groups in total. The maximum absolute atomic E-state index is 14.3. The van der Waals surface area contributed by atoms with Gasteiger partial charge in [0.05, 0.1) is 6.61 Å². The highest BCUT2D eigenvalue weighted by Crippen LogP contribution is 2.30. The van der Waals surface area contributed by atoms with E-state index in [0.717, 1.165) is 59.5 Å². The maximum atomic E-state index is 14.3. The Balaban J connectivity index is 1.48. The third-order valence-electron chi connectivity index (χ3n) is 8.90. The van der Waals surface area contributed by atoms with Crippen LogP contribution < -0.4 is 16.4 Å². The van der Waals surface area contributed by atoms with Gasteiger partial charge in [-0.2, -0.15) is 0 Å². The molecule has 0 spiro atoms. The van der Waals surface area contributed by atoms with Crippen LogP contribution in [0.3, 0.4) is 0 Å². The van der Waals surface area contributed by atoms with Crippen molar-refractivity contribution in [3.05, 3.63) is 126 Å². The second-order valence-electron chi connectivity index (χ2n) is 13.2. The summed E-state index contributed by atoms with van der Waals surface area (Å²) in [4.78, 5) is 32.7. The van der Waals surface area contributed by atoms with Crippen LogP contribution in [0.1, 0.15) is 75.5 Å². The summed E-state index contributed by atoms with van der Waals surface area (Å²) in [6.45, 7) is 7.40. The highest BCUT2D eigenvalue weighted by molar-refractivity contribution is 7.97. The molecule has 51 heavy (non-hydrogen) atoms. The molecule has 272 valence electrons. The Morgan fingerprint density at radius 2 is 1.49 bits per heavy atom. The summed E-state index contributed by atoms with van der Waals surface area (Å²) in [6, 6.07) is 29.8. The fraction of sp³-hybridized carbons (Fsp3) is 0.390. The number of ether oxygens (including phenoxy) is 1. The van der Waals surface area contributed by atoms with E-state index < -0.39 is 18.1 Å². The normalized spacial score (nSPS) is 13.2. The van der Waals surface area contributed by atoms with Gasteiger partial charge in [-0.15, -0.1) is 0 Å². The van der Waals surface area contributed by atoms with E-state index in [1.807, 2.05) is 84.9 Å². The first kappa shape index (κ1) is 39.4. The molecule has 4 rings (SSSR count). The lowest BCUT2D eigenvalue weighted by molar-refractivity contribution is -0.124. The SMILES string of the molecule is CCC(CCCC(CO)N(CCC(C)C)Sc1ccc(N)cc1)NC(=O)C(NC(=O)OCc1ccncc1)C(c1ccccc1)c1ccccc1. The van der Waals surface area contributed by atoms with Crippen LogP contribution in [-0.2, 0) is 16.1 Å². The second kappa shape index (κ2) is 21.1. The molecule has 1 aromatic heterocycles. The number of carbonyl (C=O) groups is 2. The number of nitrogens with one attached hydrogen (secondary N) is 2. The number of aliphatic hydroxyl groups is 1. The first-order valence-corrected chi connectivity index (χ1v) is 18.7. The average molecular weight is 712 g/mol. The smallest absolute Gasteiger partial charge is 0.408 e. The number of benzene rings is 3. The Hall–Kier alpha value is -4.38. The van der Waals surface area contributed by atoms with Crippen molar-refractivity contribution in [2.75, 3.05) is 18.9 Å². The largest absolute Gasteiger partial charge is 0.445 e. The number of amides is 2. The van der Waals surface area contributed by atoms with Crippen LogP contribution >= 0.6 is 11.9 Å². The van der Waals surface area contributed by atoms with E-state index in [9.17, 15) is 14.7 Å². The van der Waals surface area contributed by atoms with E-state index in [4.69, 9.17) is 10.5 Å². The highest BCUT2D eigenvalue weighted by atomic mass is 32.2. The lowest BCUT2D eigenvalue weighted by atomic mass is 9.84. The summed E-state index contributed by atoms with van der Waals surface area (Å²) < 4.78 is 7.86. The van der Waals surface area contributed by atoms with E-state index in [1.165, 1.54) is 0 Å². The summed E-state index contributed by atoms with van der Waals surface area (Å²) >= 11 is 1.65. The van der Waals surface area contributed by atoms with Crippen molar-refractivity contribution >= 4 is 29.6 Å². The quantitative estimate of drug-likeness (QED) is 0.0546. The number of nitrogens with zero attached hydrogens (tertiary/aromatic N) is 2. The molecule has 0 saturated heterocycles. The first-order valence-electron chi connectivity index (χ1n) is 17.9. The molecule has 2 amide bonds. The number of nitrogens with two attached hydrogens (primary N) is 1. The van der Waals surface area contributed by atoms with Gasteiger partial charge in [0.15, 0.2) is 0 Å². The first-order chi connectivity index (χ1) is 24.8. The van der Waals surface area contributed by atoms with Crippen LogP contribution in [0.4, 0.5) is 10.5 Å². The zero-order valence-corrected chi connectivity index (χ0v) is 30.8. The van der Waals surface area contributed by atoms with Gasteiger partial charge in [-0.1, -0.05) is 81.4 Å². The van der Waals surface area contributed by atoms with Gasteiger partial charge in [0.1, 0.15) is 12.6 Å². The molecule has 0 aliphatic carbocycles. The van der Waals surface area contributed by atoms with E-state index in [2.05, 4.69) is 40.7 Å². The maximum Gasteiger partial charge on any atom is 0.408 e. The molecule has 3 aromatic carbocycles. The van der Waals surface area contributed by atoms with Crippen molar-refractivity contribution in [1.29, 1.82) is 0 Å². The molecule has 1 heterocycles. The number of alkyl carbamates (subject to hydrolysis) is 1. The summed E-state index contributed by atoms with van der Waals surface area (Å²) in [5.41, 5.74) is 9.23. The molecule has 0 aliphatic rings. The Labute approximate surface area is 307 Å². The van der Waals surface area contributed by atoms with Gasteiger partial charge in [0.25, 0.3) is 0 Å². The van der Waals surface area contributed by atoms with Crippen LogP contribution in [0.25, 0.3) is 0 Å². The van der Waals surface area contributed by atoms with E-state index >= 15 is 0 Å². The van der Waals surface area contributed by atoms with Crippen molar-refractivity contribution < 1.29 is 19.4 Å². The predicted octanol–water partition coefficient (Wildman–Crippen LogP) is 7.57. The van der Waals surface area contributed by atoms with Crippen LogP contribution in [0.15, 0.2) is 114 Å². The van der Waals surface area contributed by atoms with Crippen molar-refractivity contribution in [3.63, 3.8) is 0 Å². The minimum absolute atomic E-state index is 0.0344. The van der Waals surface area contributed by atoms with Crippen LogP contribution in [0.2, 0.25) is 0 Å². The molecular weight excluding hydrogens is 659 g/mol. The van der Waals surface area contributed by atoms with Crippen LogP contribution in [-0.4, -0.2) is 57.7 Å². The zero-order valence-electron chi connectivity index (χ0n) is 30.0. The third kappa shape index (κ3) is 13.0. The molecule has 0 bridgehead atoms. The Morgan fingerprint density at radius 3 is 2.06 bits per heavy atom. The highest BCUT2D eigenvalue weighted by Gasteiger charge is 2.34. The topological polar surface area (TPSA) is 130 Å². The molecule has 10 heteroatoms. The van der Waals surface area contributed by atoms with Gasteiger partial charge in [-0.05, 0) is 103 Å².